The van der Waals surface area contributed by atoms with Crippen molar-refractivity contribution in [2.75, 3.05) is 23.7 Å². The Hall–Kier alpha value is -2.81. The van der Waals surface area contributed by atoms with Crippen LogP contribution in [-0.4, -0.2) is 50.5 Å². The molecule has 1 atom stereocenters. The van der Waals surface area contributed by atoms with Crippen LogP contribution in [0.3, 0.4) is 0 Å². The van der Waals surface area contributed by atoms with Gasteiger partial charge < -0.3 is 10.2 Å². The second-order valence-corrected chi connectivity index (χ2v) is 12.3. The van der Waals surface area contributed by atoms with Crippen LogP contribution in [0.4, 0.5) is 5.69 Å². The molecule has 204 valence electrons. The monoisotopic (exact) mass is 577 g/mol. The normalized spacial score (nSPS) is 12.4. The van der Waals surface area contributed by atoms with E-state index in [1.54, 1.807) is 30.3 Å². The summed E-state index contributed by atoms with van der Waals surface area (Å²) >= 11 is 12.5. The summed E-state index contributed by atoms with van der Waals surface area (Å²) in [7, 11) is -3.86. The minimum absolute atomic E-state index is 0.00950. The number of amides is 2. The topological polar surface area (TPSA) is 86.8 Å². The number of carbonyl (C=O) groups is 2. The highest BCUT2D eigenvalue weighted by molar-refractivity contribution is 7.92. The lowest BCUT2D eigenvalue weighted by Crippen LogP contribution is -2.52. The first kappa shape index (κ1) is 29.7. The second kappa shape index (κ2) is 12.8. The first-order chi connectivity index (χ1) is 17.9. The number of anilines is 1. The molecule has 2 amide bonds. The zero-order valence-electron chi connectivity index (χ0n) is 21.9. The Kier molecular flexibility index (Phi) is 10.0. The van der Waals surface area contributed by atoms with Crippen LogP contribution >= 0.6 is 23.2 Å². The van der Waals surface area contributed by atoms with Gasteiger partial charge in [-0.05, 0) is 41.5 Å². The van der Waals surface area contributed by atoms with E-state index in [1.165, 1.54) is 4.90 Å². The number of rotatable bonds is 11. The zero-order chi connectivity index (χ0) is 28.0. The average Bonchev–Trinajstić information content (AvgIpc) is 2.86. The summed E-state index contributed by atoms with van der Waals surface area (Å²) in [5.41, 5.74) is 0.983. The fraction of sp³-hybridized carbons (Fsp3) is 0.357. The lowest BCUT2D eigenvalue weighted by atomic mass is 10.1. The van der Waals surface area contributed by atoms with Crippen molar-refractivity contribution in [3.05, 3.63) is 76.3 Å². The Balaban J connectivity index is 2.03. The molecule has 0 fully saturated rings. The Morgan fingerprint density at radius 3 is 2.32 bits per heavy atom. The number of fused-ring (bicyclic) bond motifs is 1. The number of hydrogen-bond donors (Lipinski definition) is 1. The third-order valence-electron chi connectivity index (χ3n) is 6.14. The summed E-state index contributed by atoms with van der Waals surface area (Å²) in [6, 6.07) is 16.8. The standard InChI is InChI=1S/C28H33Cl2N3O4S/c1-5-25(28(35)31-16-19(2)3)32(17-21-13-14-22(29)15-24(21)30)27(34)18-33(38(4,36)37)26-12-8-10-20-9-6-7-11-23(20)26/h6-15,19,25H,5,16-18H2,1-4H3,(H,31,35)/t25-/m0/s1. The number of nitrogens with zero attached hydrogens (tertiary/aromatic N) is 2. The van der Waals surface area contributed by atoms with E-state index in [1.807, 2.05) is 51.1 Å². The maximum Gasteiger partial charge on any atom is 0.244 e. The minimum Gasteiger partial charge on any atom is -0.354 e. The summed E-state index contributed by atoms with van der Waals surface area (Å²) in [5, 5.41) is 5.23. The van der Waals surface area contributed by atoms with E-state index >= 15 is 0 Å². The van der Waals surface area contributed by atoms with Gasteiger partial charge in [0.15, 0.2) is 0 Å². The molecule has 0 aromatic heterocycles. The van der Waals surface area contributed by atoms with Gasteiger partial charge in [0, 0.05) is 28.5 Å². The molecule has 0 aliphatic carbocycles. The van der Waals surface area contributed by atoms with Crippen LogP contribution < -0.4 is 9.62 Å². The molecule has 3 aromatic rings. The van der Waals surface area contributed by atoms with Gasteiger partial charge in [-0.2, -0.15) is 0 Å². The van der Waals surface area contributed by atoms with Gasteiger partial charge in [-0.25, -0.2) is 8.42 Å². The van der Waals surface area contributed by atoms with Gasteiger partial charge in [-0.3, -0.25) is 13.9 Å². The first-order valence-electron chi connectivity index (χ1n) is 12.4. The van der Waals surface area contributed by atoms with Crippen LogP contribution in [0.1, 0.15) is 32.8 Å². The maximum absolute atomic E-state index is 13.9. The lowest BCUT2D eigenvalue weighted by molar-refractivity contribution is -0.140. The van der Waals surface area contributed by atoms with E-state index < -0.39 is 28.5 Å². The molecule has 0 radical (unpaired) electrons. The Morgan fingerprint density at radius 2 is 1.68 bits per heavy atom. The van der Waals surface area contributed by atoms with Crippen molar-refractivity contribution in [2.24, 2.45) is 5.92 Å². The summed E-state index contributed by atoms with van der Waals surface area (Å²) in [4.78, 5) is 28.5. The third kappa shape index (κ3) is 7.40. The third-order valence-corrected chi connectivity index (χ3v) is 7.85. The highest BCUT2D eigenvalue weighted by atomic mass is 35.5. The zero-order valence-corrected chi connectivity index (χ0v) is 24.3. The molecule has 10 heteroatoms. The Labute approximate surface area is 234 Å². The van der Waals surface area contributed by atoms with Crippen molar-refractivity contribution in [1.82, 2.24) is 10.2 Å². The number of halogens is 2. The van der Waals surface area contributed by atoms with Gasteiger partial charge >= 0.3 is 0 Å². The molecule has 7 nitrogen and oxygen atoms in total. The fourth-order valence-corrected chi connectivity index (χ4v) is 5.53. The number of nitrogens with one attached hydrogen (secondary N) is 1. The smallest absolute Gasteiger partial charge is 0.244 e. The molecule has 0 unspecified atom stereocenters. The van der Waals surface area contributed by atoms with Crippen LogP contribution in [0.2, 0.25) is 10.0 Å². The van der Waals surface area contributed by atoms with Crippen molar-refractivity contribution in [3.8, 4) is 0 Å². The highest BCUT2D eigenvalue weighted by Crippen LogP contribution is 2.29. The number of sulfonamides is 1. The quantitative estimate of drug-likeness (QED) is 0.326. The van der Waals surface area contributed by atoms with E-state index in [4.69, 9.17) is 23.2 Å². The molecule has 0 aliphatic rings. The number of carbonyl (C=O) groups excluding carboxylic acids is 2. The van der Waals surface area contributed by atoms with Crippen molar-refractivity contribution in [3.63, 3.8) is 0 Å². The molecule has 0 bridgehead atoms. The lowest BCUT2D eigenvalue weighted by Gasteiger charge is -2.33. The summed E-state index contributed by atoms with van der Waals surface area (Å²) in [5.74, 6) is -0.616. The molecule has 0 saturated carbocycles. The van der Waals surface area contributed by atoms with Crippen LogP contribution in [-0.2, 0) is 26.2 Å². The largest absolute Gasteiger partial charge is 0.354 e. The number of hydrogen-bond acceptors (Lipinski definition) is 4. The fourth-order valence-electron chi connectivity index (χ4n) is 4.20. The van der Waals surface area contributed by atoms with Crippen molar-refractivity contribution in [1.29, 1.82) is 0 Å². The molecule has 0 aliphatic heterocycles. The van der Waals surface area contributed by atoms with Crippen LogP contribution in [0, 0.1) is 5.92 Å². The highest BCUT2D eigenvalue weighted by Gasteiger charge is 2.32. The summed E-state index contributed by atoms with van der Waals surface area (Å²) in [6.07, 6.45) is 1.39. The van der Waals surface area contributed by atoms with Gasteiger partial charge in [-0.15, -0.1) is 0 Å². The summed E-state index contributed by atoms with van der Waals surface area (Å²) in [6.45, 7) is 5.74. The van der Waals surface area contributed by atoms with E-state index in [0.717, 1.165) is 15.9 Å². The van der Waals surface area contributed by atoms with Gasteiger partial charge in [0.1, 0.15) is 12.6 Å². The van der Waals surface area contributed by atoms with Crippen LogP contribution in [0.15, 0.2) is 60.7 Å². The van der Waals surface area contributed by atoms with E-state index in [9.17, 15) is 18.0 Å². The Bertz CT molecular complexity index is 1410. The van der Waals surface area contributed by atoms with Crippen molar-refractivity contribution in [2.45, 2.75) is 39.8 Å². The Morgan fingerprint density at radius 1 is 1.00 bits per heavy atom. The predicted octanol–water partition coefficient (Wildman–Crippen LogP) is 5.49. The molecule has 3 aromatic carbocycles. The average molecular weight is 579 g/mol. The van der Waals surface area contributed by atoms with E-state index in [0.29, 0.717) is 39.6 Å². The molecular weight excluding hydrogens is 545 g/mol. The van der Waals surface area contributed by atoms with Gasteiger partial charge in [-0.1, -0.05) is 86.4 Å². The van der Waals surface area contributed by atoms with Crippen LogP contribution in [0.5, 0.6) is 0 Å². The van der Waals surface area contributed by atoms with Gasteiger partial charge in [0.25, 0.3) is 0 Å². The molecule has 38 heavy (non-hydrogen) atoms. The van der Waals surface area contributed by atoms with Gasteiger partial charge in [0.2, 0.25) is 21.8 Å². The summed E-state index contributed by atoms with van der Waals surface area (Å²) < 4.78 is 27.0. The maximum atomic E-state index is 13.9. The van der Waals surface area contributed by atoms with Gasteiger partial charge in [0.05, 0.1) is 11.9 Å². The van der Waals surface area contributed by atoms with E-state index in [2.05, 4.69) is 5.32 Å². The SMILES string of the molecule is CC[C@@H](C(=O)NCC(C)C)N(Cc1ccc(Cl)cc1Cl)C(=O)CN(c1cccc2ccccc12)S(C)(=O)=O. The molecule has 3 rings (SSSR count). The molecule has 0 spiro atoms. The molecule has 1 N–H and O–H groups in total. The minimum atomic E-state index is -3.86. The number of benzene rings is 3. The van der Waals surface area contributed by atoms with Crippen LogP contribution in [0.25, 0.3) is 10.8 Å². The molecule has 0 heterocycles. The van der Waals surface area contributed by atoms with Crippen molar-refractivity contribution >= 4 is 61.5 Å². The molecular formula is C28H33Cl2N3O4S. The van der Waals surface area contributed by atoms with E-state index in [-0.39, 0.29) is 18.4 Å². The molecule has 0 saturated heterocycles. The van der Waals surface area contributed by atoms with Crippen molar-refractivity contribution < 1.29 is 18.0 Å². The second-order valence-electron chi connectivity index (χ2n) is 9.59. The predicted molar refractivity (Wildman–Crippen MR) is 155 cm³/mol. The first-order valence-corrected chi connectivity index (χ1v) is 15.0.